The van der Waals surface area contributed by atoms with E-state index in [0.29, 0.717) is 18.9 Å². The fourth-order valence-corrected chi connectivity index (χ4v) is 1.00. The van der Waals surface area contributed by atoms with E-state index >= 15 is 0 Å². The molecule has 0 fully saturated rings. The zero-order valence-electron chi connectivity index (χ0n) is 7.51. The van der Waals surface area contributed by atoms with Crippen molar-refractivity contribution >= 4 is 17.5 Å². The number of carbonyl (C=O) groups is 1. The zero-order valence-corrected chi connectivity index (χ0v) is 8.27. The molecule has 0 spiro atoms. The minimum Gasteiger partial charge on any atom is -0.391 e. The molecular formula is C8H16ClNO2. The maximum Gasteiger partial charge on any atom is 0.235 e. The number of hydrogen-bond donors (Lipinski definition) is 2. The Kier molecular flexibility index (Phi) is 6.11. The lowest BCUT2D eigenvalue weighted by atomic mass is 10.1. The first-order valence-corrected chi connectivity index (χ1v) is 4.60. The van der Waals surface area contributed by atoms with Gasteiger partial charge < -0.3 is 10.4 Å². The van der Waals surface area contributed by atoms with Gasteiger partial charge in [-0.25, -0.2) is 0 Å². The van der Waals surface area contributed by atoms with E-state index in [9.17, 15) is 9.90 Å². The number of aliphatic hydroxyl groups excluding tert-OH is 1. The van der Waals surface area contributed by atoms with E-state index in [1.807, 2.05) is 13.8 Å². The number of amides is 1. The van der Waals surface area contributed by atoms with Gasteiger partial charge in [0.1, 0.15) is 5.88 Å². The predicted molar refractivity (Wildman–Crippen MR) is 49.2 cm³/mol. The van der Waals surface area contributed by atoms with Crippen LogP contribution < -0.4 is 5.32 Å². The third kappa shape index (κ3) is 6.43. The molecule has 1 atom stereocenters. The minimum atomic E-state index is -0.461. The Morgan fingerprint density at radius 3 is 2.58 bits per heavy atom. The van der Waals surface area contributed by atoms with Crippen LogP contribution in [0.25, 0.3) is 0 Å². The Hall–Kier alpha value is -0.280. The minimum absolute atomic E-state index is 0.0472. The smallest absolute Gasteiger partial charge is 0.235 e. The second-order valence-corrected chi connectivity index (χ2v) is 3.49. The highest BCUT2D eigenvalue weighted by Gasteiger charge is 2.07. The summed E-state index contributed by atoms with van der Waals surface area (Å²) < 4.78 is 0. The molecule has 1 amide bonds. The molecule has 0 saturated carbocycles. The number of alkyl halides is 1. The van der Waals surface area contributed by atoms with Crippen molar-refractivity contribution in [3.8, 4) is 0 Å². The second-order valence-electron chi connectivity index (χ2n) is 3.22. The van der Waals surface area contributed by atoms with Crippen LogP contribution in [0.1, 0.15) is 20.3 Å². The third-order valence-electron chi connectivity index (χ3n) is 1.40. The van der Waals surface area contributed by atoms with E-state index in [1.54, 1.807) is 0 Å². The molecular weight excluding hydrogens is 178 g/mol. The van der Waals surface area contributed by atoms with Crippen LogP contribution in [0.2, 0.25) is 0 Å². The van der Waals surface area contributed by atoms with Crippen molar-refractivity contribution < 1.29 is 9.90 Å². The van der Waals surface area contributed by atoms with E-state index in [2.05, 4.69) is 5.32 Å². The highest BCUT2D eigenvalue weighted by Crippen LogP contribution is 2.02. The molecule has 0 radical (unpaired) electrons. The molecule has 0 rings (SSSR count). The van der Waals surface area contributed by atoms with Gasteiger partial charge in [0.2, 0.25) is 5.91 Å². The summed E-state index contributed by atoms with van der Waals surface area (Å²) in [5, 5.41) is 11.8. The number of halogens is 1. The van der Waals surface area contributed by atoms with Crippen LogP contribution in [-0.4, -0.2) is 29.5 Å². The summed E-state index contributed by atoms with van der Waals surface area (Å²) in [5.41, 5.74) is 0. The van der Waals surface area contributed by atoms with Crippen LogP contribution >= 0.6 is 11.6 Å². The number of hydrogen-bond acceptors (Lipinski definition) is 2. The fourth-order valence-electron chi connectivity index (χ4n) is 0.906. The van der Waals surface area contributed by atoms with Gasteiger partial charge in [0, 0.05) is 6.54 Å². The predicted octanol–water partition coefficient (Wildman–Crippen LogP) is 0.748. The molecule has 3 nitrogen and oxygen atoms in total. The largest absolute Gasteiger partial charge is 0.391 e. The monoisotopic (exact) mass is 193 g/mol. The number of rotatable bonds is 5. The maximum atomic E-state index is 10.6. The molecule has 4 heteroatoms. The molecule has 0 aliphatic rings. The lowest BCUT2D eigenvalue weighted by Gasteiger charge is -2.12. The Bertz CT molecular complexity index is 139. The molecule has 0 aliphatic carbocycles. The normalized spacial score (nSPS) is 13.1. The van der Waals surface area contributed by atoms with Gasteiger partial charge in [-0.3, -0.25) is 4.79 Å². The number of aliphatic hydroxyl groups is 1. The molecule has 0 bridgehead atoms. The van der Waals surface area contributed by atoms with Crippen LogP contribution in [0.5, 0.6) is 0 Å². The Balaban J connectivity index is 3.43. The van der Waals surface area contributed by atoms with Crippen LogP contribution in [0, 0.1) is 5.92 Å². The van der Waals surface area contributed by atoms with Crippen molar-refractivity contribution in [2.45, 2.75) is 26.4 Å². The summed E-state index contributed by atoms with van der Waals surface area (Å²) in [7, 11) is 0. The van der Waals surface area contributed by atoms with E-state index in [1.165, 1.54) is 0 Å². The fraction of sp³-hybridized carbons (Fsp3) is 0.875. The van der Waals surface area contributed by atoms with Crippen molar-refractivity contribution in [3.63, 3.8) is 0 Å². The zero-order chi connectivity index (χ0) is 9.56. The first-order valence-electron chi connectivity index (χ1n) is 4.07. The Morgan fingerprint density at radius 2 is 2.17 bits per heavy atom. The Labute approximate surface area is 78.1 Å². The second kappa shape index (κ2) is 6.26. The highest BCUT2D eigenvalue weighted by atomic mass is 35.5. The van der Waals surface area contributed by atoms with E-state index in [-0.39, 0.29) is 11.8 Å². The van der Waals surface area contributed by atoms with Gasteiger partial charge >= 0.3 is 0 Å². The van der Waals surface area contributed by atoms with Gasteiger partial charge in [-0.15, -0.1) is 11.6 Å². The van der Waals surface area contributed by atoms with E-state index in [0.717, 1.165) is 0 Å². The molecule has 0 saturated heterocycles. The van der Waals surface area contributed by atoms with Gasteiger partial charge in [-0.2, -0.15) is 0 Å². The molecule has 0 heterocycles. The average Bonchev–Trinajstić information content (AvgIpc) is 1.99. The first kappa shape index (κ1) is 11.7. The first-order chi connectivity index (χ1) is 5.56. The van der Waals surface area contributed by atoms with Crippen LogP contribution in [0.3, 0.4) is 0 Å². The summed E-state index contributed by atoms with van der Waals surface area (Å²) in [6.07, 6.45) is 0.236. The highest BCUT2D eigenvalue weighted by molar-refractivity contribution is 6.27. The van der Waals surface area contributed by atoms with Gasteiger partial charge in [0.05, 0.1) is 6.10 Å². The van der Waals surface area contributed by atoms with Crippen molar-refractivity contribution in [2.24, 2.45) is 5.92 Å². The average molecular weight is 194 g/mol. The molecule has 1 unspecified atom stereocenters. The van der Waals surface area contributed by atoms with Crippen molar-refractivity contribution in [3.05, 3.63) is 0 Å². The van der Waals surface area contributed by atoms with Crippen molar-refractivity contribution in [2.75, 3.05) is 12.4 Å². The van der Waals surface area contributed by atoms with Crippen molar-refractivity contribution in [1.82, 2.24) is 5.32 Å². The SMILES string of the molecule is CC(C)CC(O)CNC(=O)CCl. The lowest BCUT2D eigenvalue weighted by Crippen LogP contribution is -2.33. The van der Waals surface area contributed by atoms with E-state index in [4.69, 9.17) is 11.6 Å². The molecule has 12 heavy (non-hydrogen) atoms. The summed E-state index contributed by atoms with van der Waals surface area (Å²) in [4.78, 5) is 10.6. The quantitative estimate of drug-likeness (QED) is 0.634. The molecule has 72 valence electrons. The summed E-state index contributed by atoms with van der Waals surface area (Å²) in [6.45, 7) is 4.34. The number of carbonyl (C=O) groups excluding carboxylic acids is 1. The summed E-state index contributed by atoms with van der Waals surface area (Å²) >= 11 is 5.25. The van der Waals surface area contributed by atoms with Crippen LogP contribution in [0.15, 0.2) is 0 Å². The summed E-state index contributed by atoms with van der Waals surface area (Å²) in [6, 6.07) is 0. The Morgan fingerprint density at radius 1 is 1.58 bits per heavy atom. The van der Waals surface area contributed by atoms with Crippen LogP contribution in [0.4, 0.5) is 0 Å². The van der Waals surface area contributed by atoms with Gasteiger partial charge in [-0.1, -0.05) is 13.8 Å². The van der Waals surface area contributed by atoms with Gasteiger partial charge in [-0.05, 0) is 12.3 Å². The van der Waals surface area contributed by atoms with Gasteiger partial charge in [0.15, 0.2) is 0 Å². The standard InChI is InChI=1S/C8H16ClNO2/c1-6(2)3-7(11)5-10-8(12)4-9/h6-7,11H,3-5H2,1-2H3,(H,10,12). The third-order valence-corrected chi connectivity index (χ3v) is 1.64. The maximum absolute atomic E-state index is 10.6. The lowest BCUT2D eigenvalue weighted by molar-refractivity contribution is -0.119. The molecule has 0 aromatic carbocycles. The van der Waals surface area contributed by atoms with Crippen LogP contribution in [-0.2, 0) is 4.79 Å². The number of nitrogens with one attached hydrogen (secondary N) is 1. The van der Waals surface area contributed by atoms with Crippen molar-refractivity contribution in [1.29, 1.82) is 0 Å². The topological polar surface area (TPSA) is 49.3 Å². The van der Waals surface area contributed by atoms with E-state index < -0.39 is 6.10 Å². The molecule has 2 N–H and O–H groups in total. The van der Waals surface area contributed by atoms with Gasteiger partial charge in [0.25, 0.3) is 0 Å². The summed E-state index contributed by atoms with van der Waals surface area (Å²) in [5.74, 6) is 0.154. The molecule has 0 aliphatic heterocycles. The molecule has 0 aromatic heterocycles. The molecule has 0 aromatic rings.